The second-order valence-electron chi connectivity index (χ2n) is 4.25. The van der Waals surface area contributed by atoms with Gasteiger partial charge in [-0.2, -0.15) is 0 Å². The Labute approximate surface area is 124 Å². The molecule has 0 fully saturated rings. The highest BCUT2D eigenvalue weighted by Gasteiger charge is 2.08. The SMILES string of the molecule is Cc1ccc(NC(=O)COc2ccccc2Br)c(F)c1. The number of hydrogen-bond acceptors (Lipinski definition) is 2. The molecule has 0 atom stereocenters. The molecule has 0 aliphatic carbocycles. The summed E-state index contributed by atoms with van der Waals surface area (Å²) in [5, 5.41) is 2.47. The van der Waals surface area contributed by atoms with Crippen LogP contribution in [0.2, 0.25) is 0 Å². The van der Waals surface area contributed by atoms with Crippen molar-refractivity contribution in [3.63, 3.8) is 0 Å². The van der Waals surface area contributed by atoms with Crippen LogP contribution in [0.4, 0.5) is 10.1 Å². The van der Waals surface area contributed by atoms with Crippen molar-refractivity contribution in [3.8, 4) is 5.75 Å². The number of carbonyl (C=O) groups excluding carboxylic acids is 1. The minimum Gasteiger partial charge on any atom is -0.483 e. The smallest absolute Gasteiger partial charge is 0.262 e. The summed E-state index contributed by atoms with van der Waals surface area (Å²) in [5.41, 5.74) is 0.946. The largest absolute Gasteiger partial charge is 0.483 e. The van der Waals surface area contributed by atoms with Crippen LogP contribution in [0.25, 0.3) is 0 Å². The van der Waals surface area contributed by atoms with Gasteiger partial charge in [-0.3, -0.25) is 4.79 Å². The lowest BCUT2D eigenvalue weighted by Crippen LogP contribution is -2.20. The molecule has 20 heavy (non-hydrogen) atoms. The van der Waals surface area contributed by atoms with Gasteiger partial charge in [-0.05, 0) is 52.7 Å². The topological polar surface area (TPSA) is 38.3 Å². The highest BCUT2D eigenvalue weighted by Crippen LogP contribution is 2.23. The Morgan fingerprint density at radius 2 is 2.05 bits per heavy atom. The molecule has 1 amide bonds. The fraction of sp³-hybridized carbons (Fsp3) is 0.133. The standard InChI is InChI=1S/C15H13BrFNO2/c1-10-6-7-13(12(17)8-10)18-15(19)9-20-14-5-3-2-4-11(14)16/h2-8H,9H2,1H3,(H,18,19). The normalized spacial score (nSPS) is 10.2. The molecule has 104 valence electrons. The van der Waals surface area contributed by atoms with Gasteiger partial charge in [0.15, 0.2) is 6.61 Å². The van der Waals surface area contributed by atoms with E-state index in [2.05, 4.69) is 21.2 Å². The highest BCUT2D eigenvalue weighted by molar-refractivity contribution is 9.10. The van der Waals surface area contributed by atoms with Gasteiger partial charge in [0.2, 0.25) is 0 Å². The van der Waals surface area contributed by atoms with Crippen molar-refractivity contribution in [3.05, 3.63) is 58.3 Å². The van der Waals surface area contributed by atoms with Crippen molar-refractivity contribution in [1.29, 1.82) is 0 Å². The van der Waals surface area contributed by atoms with Crippen LogP contribution in [0.1, 0.15) is 5.56 Å². The van der Waals surface area contributed by atoms with E-state index >= 15 is 0 Å². The second kappa shape index (κ2) is 6.52. The van der Waals surface area contributed by atoms with E-state index < -0.39 is 11.7 Å². The number of carbonyl (C=O) groups is 1. The minimum absolute atomic E-state index is 0.149. The van der Waals surface area contributed by atoms with E-state index in [0.29, 0.717) is 5.75 Å². The molecule has 0 aliphatic heterocycles. The maximum absolute atomic E-state index is 13.6. The number of ether oxygens (including phenoxy) is 1. The molecule has 0 radical (unpaired) electrons. The molecular formula is C15H13BrFNO2. The summed E-state index contributed by atoms with van der Waals surface area (Å²) in [6.45, 7) is 1.60. The third-order valence-electron chi connectivity index (χ3n) is 2.59. The van der Waals surface area contributed by atoms with Crippen LogP contribution in [-0.4, -0.2) is 12.5 Å². The number of anilines is 1. The Morgan fingerprint density at radius 1 is 1.30 bits per heavy atom. The van der Waals surface area contributed by atoms with Gasteiger partial charge in [-0.15, -0.1) is 0 Å². The molecule has 2 aromatic rings. The number of rotatable bonds is 4. The molecule has 0 aliphatic rings. The first-order chi connectivity index (χ1) is 9.56. The van der Waals surface area contributed by atoms with Gasteiger partial charge in [-0.25, -0.2) is 4.39 Å². The zero-order valence-electron chi connectivity index (χ0n) is 10.8. The van der Waals surface area contributed by atoms with Crippen LogP contribution in [-0.2, 0) is 4.79 Å². The highest BCUT2D eigenvalue weighted by atomic mass is 79.9. The first-order valence-electron chi connectivity index (χ1n) is 5.99. The molecule has 1 N–H and O–H groups in total. The molecule has 0 saturated heterocycles. The molecule has 0 saturated carbocycles. The lowest BCUT2D eigenvalue weighted by atomic mass is 10.2. The van der Waals surface area contributed by atoms with Gasteiger partial charge in [0.1, 0.15) is 11.6 Å². The Balaban J connectivity index is 1.94. The zero-order valence-corrected chi connectivity index (χ0v) is 12.4. The van der Waals surface area contributed by atoms with E-state index in [9.17, 15) is 9.18 Å². The van der Waals surface area contributed by atoms with Crippen molar-refractivity contribution in [2.75, 3.05) is 11.9 Å². The summed E-state index contributed by atoms with van der Waals surface area (Å²) >= 11 is 3.32. The average Bonchev–Trinajstić information content (AvgIpc) is 2.41. The number of para-hydroxylation sites is 1. The van der Waals surface area contributed by atoms with Crippen molar-refractivity contribution in [2.45, 2.75) is 6.92 Å². The molecule has 5 heteroatoms. The zero-order chi connectivity index (χ0) is 14.5. The number of benzene rings is 2. The predicted octanol–water partition coefficient (Wildman–Crippen LogP) is 3.91. The molecule has 0 bridgehead atoms. The maximum atomic E-state index is 13.6. The quantitative estimate of drug-likeness (QED) is 0.918. The van der Waals surface area contributed by atoms with E-state index in [1.807, 2.05) is 12.1 Å². The minimum atomic E-state index is -0.459. The second-order valence-corrected chi connectivity index (χ2v) is 5.10. The van der Waals surface area contributed by atoms with Gasteiger partial charge in [0.05, 0.1) is 10.2 Å². The van der Waals surface area contributed by atoms with E-state index in [1.54, 1.807) is 25.1 Å². The van der Waals surface area contributed by atoms with Crippen LogP contribution in [0.15, 0.2) is 46.9 Å². The third kappa shape index (κ3) is 3.81. The molecule has 0 heterocycles. The fourth-order valence-electron chi connectivity index (χ4n) is 1.61. The van der Waals surface area contributed by atoms with E-state index in [0.717, 1.165) is 10.0 Å². The molecule has 0 unspecified atom stereocenters. The number of hydrogen-bond donors (Lipinski definition) is 1. The van der Waals surface area contributed by atoms with Gasteiger partial charge < -0.3 is 10.1 Å². The number of nitrogens with one attached hydrogen (secondary N) is 1. The Morgan fingerprint density at radius 3 is 2.75 bits per heavy atom. The summed E-state index contributed by atoms with van der Waals surface area (Å²) < 4.78 is 19.7. The maximum Gasteiger partial charge on any atom is 0.262 e. The Bertz CT molecular complexity index is 631. The first-order valence-corrected chi connectivity index (χ1v) is 6.79. The molecule has 3 nitrogen and oxygen atoms in total. The van der Waals surface area contributed by atoms with Gasteiger partial charge >= 0.3 is 0 Å². The van der Waals surface area contributed by atoms with Crippen molar-refractivity contribution in [1.82, 2.24) is 0 Å². The molecular weight excluding hydrogens is 325 g/mol. The lowest BCUT2D eigenvalue weighted by Gasteiger charge is -2.09. The van der Waals surface area contributed by atoms with Gasteiger partial charge in [-0.1, -0.05) is 18.2 Å². The van der Waals surface area contributed by atoms with Crippen molar-refractivity contribution in [2.24, 2.45) is 0 Å². The van der Waals surface area contributed by atoms with Crippen LogP contribution < -0.4 is 10.1 Å². The van der Waals surface area contributed by atoms with Crippen LogP contribution in [0, 0.1) is 12.7 Å². The number of amides is 1. The van der Waals surface area contributed by atoms with Gasteiger partial charge in [0.25, 0.3) is 5.91 Å². The molecule has 2 aromatic carbocycles. The third-order valence-corrected chi connectivity index (χ3v) is 3.25. The molecule has 0 spiro atoms. The molecule has 2 rings (SSSR count). The Kier molecular flexibility index (Phi) is 4.74. The summed E-state index contributed by atoms with van der Waals surface area (Å²) in [6.07, 6.45) is 0. The summed E-state index contributed by atoms with van der Waals surface area (Å²) in [6, 6.07) is 11.8. The summed E-state index contributed by atoms with van der Waals surface area (Å²) in [4.78, 5) is 11.7. The average molecular weight is 338 g/mol. The Hall–Kier alpha value is -1.88. The van der Waals surface area contributed by atoms with Crippen LogP contribution >= 0.6 is 15.9 Å². The monoisotopic (exact) mass is 337 g/mol. The van der Waals surface area contributed by atoms with Crippen LogP contribution in [0.5, 0.6) is 5.75 Å². The van der Waals surface area contributed by atoms with E-state index in [1.165, 1.54) is 12.1 Å². The molecule has 0 aromatic heterocycles. The summed E-state index contributed by atoms with van der Waals surface area (Å²) in [7, 11) is 0. The lowest BCUT2D eigenvalue weighted by molar-refractivity contribution is -0.118. The first kappa shape index (κ1) is 14.5. The van der Waals surface area contributed by atoms with E-state index in [-0.39, 0.29) is 12.3 Å². The van der Waals surface area contributed by atoms with Crippen molar-refractivity contribution < 1.29 is 13.9 Å². The number of aryl methyl sites for hydroxylation is 1. The predicted molar refractivity (Wildman–Crippen MR) is 79.4 cm³/mol. The number of halogens is 2. The van der Waals surface area contributed by atoms with Crippen molar-refractivity contribution >= 4 is 27.5 Å². The fourth-order valence-corrected chi connectivity index (χ4v) is 2.01. The van der Waals surface area contributed by atoms with Crippen LogP contribution in [0.3, 0.4) is 0 Å². The van der Waals surface area contributed by atoms with Gasteiger partial charge in [0, 0.05) is 0 Å². The summed E-state index contributed by atoms with van der Waals surface area (Å²) in [5.74, 6) is -0.310. The van der Waals surface area contributed by atoms with E-state index in [4.69, 9.17) is 4.74 Å².